The summed E-state index contributed by atoms with van der Waals surface area (Å²) in [5.41, 5.74) is 1.32. The first-order valence-electron chi connectivity index (χ1n) is 5.64. The molecule has 0 amide bonds. The molecule has 2 rings (SSSR count). The maximum absolute atomic E-state index is 13.4. The van der Waals surface area contributed by atoms with E-state index >= 15 is 0 Å². The molecule has 100 valence electrons. The van der Waals surface area contributed by atoms with Crippen molar-refractivity contribution < 1.29 is 18.3 Å². The average molecular weight is 267 g/mol. The van der Waals surface area contributed by atoms with Crippen LogP contribution in [0.4, 0.5) is 18.9 Å². The molecule has 2 aromatic rings. The van der Waals surface area contributed by atoms with E-state index in [1.807, 2.05) is 6.92 Å². The van der Waals surface area contributed by atoms with Gasteiger partial charge in [-0.2, -0.15) is 0 Å². The van der Waals surface area contributed by atoms with Crippen LogP contribution in [0.3, 0.4) is 0 Å². The molecule has 0 bridgehead atoms. The van der Waals surface area contributed by atoms with Crippen LogP contribution >= 0.6 is 0 Å². The molecular weight excluding hydrogens is 255 g/mol. The lowest BCUT2D eigenvalue weighted by molar-refractivity contribution is 0.468. The Kier molecular flexibility index (Phi) is 3.64. The molecule has 0 unspecified atom stereocenters. The smallest absolute Gasteiger partial charge is 0.161 e. The summed E-state index contributed by atoms with van der Waals surface area (Å²) >= 11 is 0. The Hall–Kier alpha value is -2.17. The molecule has 19 heavy (non-hydrogen) atoms. The number of rotatable bonds is 3. The van der Waals surface area contributed by atoms with E-state index < -0.39 is 17.5 Å². The summed E-state index contributed by atoms with van der Waals surface area (Å²) in [5.74, 6) is -3.19. The van der Waals surface area contributed by atoms with Gasteiger partial charge in [0.05, 0.1) is 5.69 Å². The summed E-state index contributed by atoms with van der Waals surface area (Å²) < 4.78 is 39.1. The van der Waals surface area contributed by atoms with Gasteiger partial charge < -0.3 is 10.4 Å². The lowest BCUT2D eigenvalue weighted by Crippen LogP contribution is -2.03. The number of phenolic OH excluding ortho intramolecular Hbond substituents is 1. The third-order valence-corrected chi connectivity index (χ3v) is 2.71. The summed E-state index contributed by atoms with van der Waals surface area (Å²) in [6.07, 6.45) is 0. The Morgan fingerprint density at radius 2 is 1.68 bits per heavy atom. The molecule has 0 spiro atoms. The van der Waals surface area contributed by atoms with Crippen molar-refractivity contribution >= 4 is 5.69 Å². The van der Waals surface area contributed by atoms with Crippen molar-refractivity contribution in [1.29, 1.82) is 0 Å². The molecule has 2 aromatic carbocycles. The van der Waals surface area contributed by atoms with Gasteiger partial charge in [0.2, 0.25) is 0 Å². The molecular formula is C14H12F3NO. The molecule has 0 saturated carbocycles. The second-order valence-electron chi connectivity index (χ2n) is 4.23. The monoisotopic (exact) mass is 267 g/mol. The Bertz CT molecular complexity index is 614. The minimum Gasteiger partial charge on any atom is -0.508 e. The van der Waals surface area contributed by atoms with Gasteiger partial charge in [0.1, 0.15) is 11.6 Å². The fraction of sp³-hybridized carbons (Fsp3) is 0.143. The highest BCUT2D eigenvalue weighted by Crippen LogP contribution is 2.22. The molecule has 2 N–H and O–H groups in total. The zero-order valence-corrected chi connectivity index (χ0v) is 10.2. The van der Waals surface area contributed by atoms with Crippen molar-refractivity contribution in [1.82, 2.24) is 0 Å². The van der Waals surface area contributed by atoms with Gasteiger partial charge in [-0.3, -0.25) is 0 Å². The molecule has 0 heterocycles. The van der Waals surface area contributed by atoms with Gasteiger partial charge in [-0.15, -0.1) is 0 Å². The maximum Gasteiger partial charge on any atom is 0.161 e. The summed E-state index contributed by atoms with van der Waals surface area (Å²) in [6.45, 7) is 1.95. The number of anilines is 1. The van der Waals surface area contributed by atoms with E-state index in [2.05, 4.69) is 5.32 Å². The minimum absolute atomic E-state index is 0.0566. The van der Waals surface area contributed by atoms with Crippen LogP contribution in [-0.4, -0.2) is 5.11 Å². The fourth-order valence-corrected chi connectivity index (χ4v) is 1.70. The molecule has 0 saturated heterocycles. The molecule has 0 fully saturated rings. The van der Waals surface area contributed by atoms with Gasteiger partial charge in [0.25, 0.3) is 0 Å². The number of hydrogen-bond donors (Lipinski definition) is 2. The standard InChI is InChI=1S/C14H12F3NO/c1-8-2-3-14(19)9(4-8)7-18-13-6-11(16)10(15)5-12(13)17/h2-6,18-19H,7H2,1H3. The van der Waals surface area contributed by atoms with Crippen LogP contribution in [0, 0.1) is 24.4 Å². The number of aryl methyl sites for hydroxylation is 1. The van der Waals surface area contributed by atoms with Crippen LogP contribution < -0.4 is 5.32 Å². The van der Waals surface area contributed by atoms with Crippen molar-refractivity contribution in [3.8, 4) is 5.75 Å². The van der Waals surface area contributed by atoms with E-state index in [1.165, 1.54) is 6.07 Å². The molecule has 0 aliphatic rings. The van der Waals surface area contributed by atoms with Crippen LogP contribution in [0.5, 0.6) is 5.75 Å². The van der Waals surface area contributed by atoms with E-state index in [9.17, 15) is 18.3 Å². The van der Waals surface area contributed by atoms with Gasteiger partial charge in [-0.1, -0.05) is 17.7 Å². The van der Waals surface area contributed by atoms with Gasteiger partial charge in [-0.25, -0.2) is 13.2 Å². The van der Waals surface area contributed by atoms with Crippen LogP contribution in [0.1, 0.15) is 11.1 Å². The van der Waals surface area contributed by atoms with E-state index in [-0.39, 0.29) is 18.0 Å². The van der Waals surface area contributed by atoms with Gasteiger partial charge in [0.15, 0.2) is 11.6 Å². The lowest BCUT2D eigenvalue weighted by atomic mass is 10.1. The van der Waals surface area contributed by atoms with Crippen molar-refractivity contribution in [2.75, 3.05) is 5.32 Å². The summed E-state index contributed by atoms with van der Waals surface area (Å²) in [5, 5.41) is 12.2. The highest BCUT2D eigenvalue weighted by Gasteiger charge is 2.10. The first-order valence-corrected chi connectivity index (χ1v) is 5.64. The largest absolute Gasteiger partial charge is 0.508 e. The van der Waals surface area contributed by atoms with Crippen LogP contribution in [-0.2, 0) is 6.54 Å². The van der Waals surface area contributed by atoms with E-state index in [0.717, 1.165) is 11.6 Å². The quantitative estimate of drug-likeness (QED) is 0.830. The van der Waals surface area contributed by atoms with Crippen LogP contribution in [0.25, 0.3) is 0 Å². The number of hydrogen-bond acceptors (Lipinski definition) is 2. The summed E-state index contributed by atoms with van der Waals surface area (Å²) in [6, 6.07) is 6.20. The van der Waals surface area contributed by atoms with Crippen LogP contribution in [0.15, 0.2) is 30.3 Å². The van der Waals surface area contributed by atoms with Crippen LogP contribution in [0.2, 0.25) is 0 Å². The Morgan fingerprint density at radius 1 is 1.00 bits per heavy atom. The Morgan fingerprint density at radius 3 is 2.42 bits per heavy atom. The summed E-state index contributed by atoms with van der Waals surface area (Å²) in [4.78, 5) is 0. The third-order valence-electron chi connectivity index (χ3n) is 2.71. The summed E-state index contributed by atoms with van der Waals surface area (Å²) in [7, 11) is 0. The minimum atomic E-state index is -1.23. The molecule has 5 heteroatoms. The van der Waals surface area contributed by atoms with Crippen molar-refractivity contribution in [3.05, 3.63) is 58.9 Å². The molecule has 0 aromatic heterocycles. The second-order valence-corrected chi connectivity index (χ2v) is 4.23. The third kappa shape index (κ3) is 2.99. The molecule has 0 aliphatic carbocycles. The van der Waals surface area contributed by atoms with E-state index in [4.69, 9.17) is 0 Å². The van der Waals surface area contributed by atoms with Gasteiger partial charge >= 0.3 is 0 Å². The number of aromatic hydroxyl groups is 1. The van der Waals surface area contributed by atoms with E-state index in [1.54, 1.807) is 12.1 Å². The number of phenols is 1. The van der Waals surface area contributed by atoms with Gasteiger partial charge in [0, 0.05) is 24.2 Å². The second kappa shape index (κ2) is 5.22. The molecule has 0 atom stereocenters. The molecule has 0 aliphatic heterocycles. The number of nitrogens with one attached hydrogen (secondary N) is 1. The highest BCUT2D eigenvalue weighted by atomic mass is 19.2. The SMILES string of the molecule is Cc1ccc(O)c(CNc2cc(F)c(F)cc2F)c1. The molecule has 2 nitrogen and oxygen atoms in total. The Labute approximate surface area is 108 Å². The normalized spacial score (nSPS) is 10.5. The van der Waals surface area contributed by atoms with Crippen molar-refractivity contribution in [2.24, 2.45) is 0 Å². The zero-order valence-electron chi connectivity index (χ0n) is 10.2. The Balaban J connectivity index is 2.19. The topological polar surface area (TPSA) is 32.3 Å². The molecule has 0 radical (unpaired) electrons. The highest BCUT2D eigenvalue weighted by molar-refractivity contribution is 5.47. The van der Waals surface area contributed by atoms with E-state index in [0.29, 0.717) is 11.6 Å². The van der Waals surface area contributed by atoms with Gasteiger partial charge in [-0.05, 0) is 13.0 Å². The first kappa shape index (κ1) is 13.3. The first-order chi connectivity index (χ1) is 8.97. The predicted octanol–water partition coefficient (Wildman–Crippen LogP) is 3.73. The lowest BCUT2D eigenvalue weighted by Gasteiger charge is -2.10. The fourth-order valence-electron chi connectivity index (χ4n) is 1.70. The zero-order chi connectivity index (χ0) is 14.0. The van der Waals surface area contributed by atoms with Crippen molar-refractivity contribution in [3.63, 3.8) is 0 Å². The van der Waals surface area contributed by atoms with Crippen molar-refractivity contribution in [2.45, 2.75) is 13.5 Å². The maximum atomic E-state index is 13.4. The average Bonchev–Trinajstić information content (AvgIpc) is 2.36. The predicted molar refractivity (Wildman–Crippen MR) is 66.5 cm³/mol. The number of benzene rings is 2. The number of halogens is 3.